The van der Waals surface area contributed by atoms with E-state index in [1.807, 2.05) is 0 Å². The summed E-state index contributed by atoms with van der Waals surface area (Å²) >= 11 is 0. The van der Waals surface area contributed by atoms with E-state index in [9.17, 15) is 19.5 Å². The van der Waals surface area contributed by atoms with E-state index in [4.69, 9.17) is 9.47 Å². The van der Waals surface area contributed by atoms with Gasteiger partial charge in [-0.1, -0.05) is 51.0 Å². The van der Waals surface area contributed by atoms with Gasteiger partial charge in [0.15, 0.2) is 17.2 Å². The molecule has 2 aromatic rings. The highest BCUT2D eigenvalue weighted by atomic mass is 16.5. The number of hydrogen-bond acceptors (Lipinski definition) is 7. The molecule has 0 spiro atoms. The number of carbonyl (C=O) groups is 3. The molecular weight excluding hydrogens is 462 g/mol. The maximum atomic E-state index is 12.1. The summed E-state index contributed by atoms with van der Waals surface area (Å²) in [5.41, 5.74) is 0.571. The molecule has 0 bridgehead atoms. The first-order chi connectivity index (χ1) is 17.4. The number of hydrogen-bond donors (Lipinski definition) is 3. The maximum absolute atomic E-state index is 12.1. The molecule has 0 radical (unpaired) electrons. The molecule has 0 aliphatic heterocycles. The second-order valence-electron chi connectivity index (χ2n) is 8.58. The van der Waals surface area contributed by atoms with Gasteiger partial charge in [-0.15, -0.1) is 0 Å². The average Bonchev–Trinajstić information content (AvgIpc) is 2.84. The number of nitrogens with zero attached hydrogens (tertiary/aromatic N) is 1. The van der Waals surface area contributed by atoms with Gasteiger partial charge in [-0.05, 0) is 25.0 Å². The Balaban J connectivity index is 1.45. The molecule has 0 aliphatic rings. The highest BCUT2D eigenvalue weighted by Gasteiger charge is 2.16. The summed E-state index contributed by atoms with van der Waals surface area (Å²) in [4.78, 5) is 39.2. The van der Waals surface area contributed by atoms with Crippen molar-refractivity contribution in [2.24, 2.45) is 0 Å². The summed E-state index contributed by atoms with van der Waals surface area (Å²) < 4.78 is 10.3. The number of carbonyl (C=O) groups excluding carboxylic acids is 3. The highest BCUT2D eigenvalue weighted by molar-refractivity contribution is 5.95. The summed E-state index contributed by atoms with van der Waals surface area (Å²) in [6.07, 6.45) is 11.1. The van der Waals surface area contributed by atoms with E-state index < -0.39 is 5.91 Å². The van der Waals surface area contributed by atoms with E-state index in [1.165, 1.54) is 26.3 Å². The predicted octanol–water partition coefficient (Wildman–Crippen LogP) is 4.99. The lowest BCUT2D eigenvalue weighted by Gasteiger charge is -2.08. The summed E-state index contributed by atoms with van der Waals surface area (Å²) in [7, 11) is 1.42. The van der Waals surface area contributed by atoms with E-state index in [-0.39, 0.29) is 29.1 Å². The molecule has 1 heterocycles. The van der Waals surface area contributed by atoms with Crippen LogP contribution >= 0.6 is 0 Å². The van der Waals surface area contributed by atoms with Crippen molar-refractivity contribution in [3.05, 3.63) is 42.2 Å². The van der Waals surface area contributed by atoms with Gasteiger partial charge < -0.3 is 25.2 Å². The van der Waals surface area contributed by atoms with Gasteiger partial charge in [0.25, 0.3) is 5.91 Å². The number of methoxy groups -OCH3 is 1. The van der Waals surface area contributed by atoms with Gasteiger partial charge in [0.2, 0.25) is 5.91 Å². The summed E-state index contributed by atoms with van der Waals surface area (Å²) in [5, 5.41) is 15.4. The Labute approximate surface area is 212 Å². The molecule has 1 aromatic heterocycles. The molecule has 36 heavy (non-hydrogen) atoms. The number of ether oxygens (including phenoxy) is 2. The second kappa shape index (κ2) is 16.1. The van der Waals surface area contributed by atoms with Gasteiger partial charge in [-0.25, -0.2) is 4.98 Å². The fraction of sp³-hybridized carbons (Fsp3) is 0.481. The van der Waals surface area contributed by atoms with Crippen LogP contribution in [0.2, 0.25) is 0 Å². The van der Waals surface area contributed by atoms with Gasteiger partial charge in [-0.3, -0.25) is 14.4 Å². The Morgan fingerprint density at radius 1 is 0.944 bits per heavy atom. The molecule has 0 saturated carbocycles. The van der Waals surface area contributed by atoms with Crippen LogP contribution in [-0.4, -0.2) is 41.5 Å². The molecule has 196 valence electrons. The lowest BCUT2D eigenvalue weighted by molar-refractivity contribution is -0.134. The average molecular weight is 500 g/mol. The van der Waals surface area contributed by atoms with Gasteiger partial charge in [0, 0.05) is 43.9 Å². The van der Waals surface area contributed by atoms with Crippen molar-refractivity contribution in [1.82, 2.24) is 10.3 Å². The third-order valence-corrected chi connectivity index (χ3v) is 5.55. The Kier molecular flexibility index (Phi) is 12.8. The monoisotopic (exact) mass is 499 g/mol. The van der Waals surface area contributed by atoms with Gasteiger partial charge >= 0.3 is 5.97 Å². The number of rotatable bonds is 16. The van der Waals surface area contributed by atoms with Crippen molar-refractivity contribution < 1.29 is 29.0 Å². The Morgan fingerprint density at radius 2 is 1.61 bits per heavy atom. The molecule has 3 N–H and O–H groups in total. The highest BCUT2D eigenvalue weighted by Crippen LogP contribution is 2.27. The number of aromatic nitrogens is 1. The Bertz CT molecular complexity index is 995. The quantitative estimate of drug-likeness (QED) is 0.169. The van der Waals surface area contributed by atoms with Gasteiger partial charge in [0.05, 0.1) is 7.11 Å². The number of unbranched alkanes of at least 4 members (excludes halogenated alkanes) is 8. The third-order valence-electron chi connectivity index (χ3n) is 5.55. The zero-order valence-corrected chi connectivity index (χ0v) is 21.2. The van der Waals surface area contributed by atoms with E-state index in [0.717, 1.165) is 57.8 Å². The first kappa shape index (κ1) is 28.6. The standard InChI is InChI=1S/C27H37N3O6/c1-20(31)30-21-13-12-14-22(19-21)36-24(32)15-10-8-6-4-3-5-7-9-11-17-29-27(34)25-26(33)23(35-2)16-18-28-25/h12-14,16,18-19,33H,3-11,15,17H2,1-2H3,(H,29,34)(H,30,31). The Hall–Kier alpha value is -3.62. The van der Waals surface area contributed by atoms with Crippen molar-refractivity contribution in [1.29, 1.82) is 0 Å². The van der Waals surface area contributed by atoms with Crippen LogP contribution in [-0.2, 0) is 9.59 Å². The molecule has 0 saturated heterocycles. The van der Waals surface area contributed by atoms with Crippen LogP contribution < -0.4 is 20.1 Å². The molecule has 2 rings (SSSR count). The molecule has 2 amide bonds. The number of benzene rings is 1. The van der Waals surface area contributed by atoms with Crippen LogP contribution in [0.25, 0.3) is 0 Å². The van der Waals surface area contributed by atoms with Crippen LogP contribution in [0.1, 0.15) is 81.6 Å². The van der Waals surface area contributed by atoms with Crippen LogP contribution in [0.15, 0.2) is 36.5 Å². The number of pyridine rings is 1. The van der Waals surface area contributed by atoms with E-state index in [0.29, 0.717) is 24.4 Å². The van der Waals surface area contributed by atoms with Crippen molar-refractivity contribution in [2.45, 2.75) is 71.1 Å². The minimum atomic E-state index is -0.409. The number of anilines is 1. The van der Waals surface area contributed by atoms with Crippen LogP contribution in [0.3, 0.4) is 0 Å². The molecule has 0 unspecified atom stereocenters. The Morgan fingerprint density at radius 3 is 2.28 bits per heavy atom. The molecule has 0 aliphatic carbocycles. The summed E-state index contributed by atoms with van der Waals surface area (Å²) in [6.45, 7) is 1.96. The number of nitrogens with one attached hydrogen (secondary N) is 2. The van der Waals surface area contributed by atoms with Crippen LogP contribution in [0.4, 0.5) is 5.69 Å². The zero-order valence-electron chi connectivity index (χ0n) is 21.2. The largest absolute Gasteiger partial charge is 0.503 e. The van der Waals surface area contributed by atoms with Crippen molar-refractivity contribution in [3.63, 3.8) is 0 Å². The van der Waals surface area contributed by atoms with Crippen molar-refractivity contribution in [2.75, 3.05) is 19.0 Å². The minimum absolute atomic E-state index is 0.0289. The predicted molar refractivity (Wildman–Crippen MR) is 137 cm³/mol. The fourth-order valence-corrected chi connectivity index (χ4v) is 3.71. The van der Waals surface area contributed by atoms with Crippen LogP contribution in [0.5, 0.6) is 17.2 Å². The van der Waals surface area contributed by atoms with Gasteiger partial charge in [-0.2, -0.15) is 0 Å². The summed E-state index contributed by atoms with van der Waals surface area (Å²) in [6, 6.07) is 8.30. The first-order valence-electron chi connectivity index (χ1n) is 12.5. The zero-order chi connectivity index (χ0) is 26.2. The number of amides is 2. The minimum Gasteiger partial charge on any atom is -0.503 e. The second-order valence-corrected chi connectivity index (χ2v) is 8.58. The van der Waals surface area contributed by atoms with Crippen LogP contribution in [0, 0.1) is 0 Å². The molecule has 0 fully saturated rings. The molecule has 9 heteroatoms. The lowest BCUT2D eigenvalue weighted by Crippen LogP contribution is -2.25. The summed E-state index contributed by atoms with van der Waals surface area (Å²) in [5.74, 6) is -0.440. The number of esters is 1. The van der Waals surface area contributed by atoms with E-state index >= 15 is 0 Å². The number of aromatic hydroxyl groups is 1. The van der Waals surface area contributed by atoms with Crippen molar-refractivity contribution in [3.8, 4) is 17.2 Å². The first-order valence-corrected chi connectivity index (χ1v) is 12.5. The topological polar surface area (TPSA) is 127 Å². The fourth-order valence-electron chi connectivity index (χ4n) is 3.71. The molecule has 0 atom stereocenters. The lowest BCUT2D eigenvalue weighted by atomic mass is 10.1. The van der Waals surface area contributed by atoms with E-state index in [1.54, 1.807) is 24.3 Å². The molecule has 1 aromatic carbocycles. The van der Waals surface area contributed by atoms with E-state index in [2.05, 4.69) is 15.6 Å². The SMILES string of the molecule is COc1ccnc(C(=O)NCCCCCCCCCCCC(=O)Oc2cccc(NC(C)=O)c2)c1O. The third kappa shape index (κ3) is 10.8. The maximum Gasteiger partial charge on any atom is 0.311 e. The van der Waals surface area contributed by atoms with Gasteiger partial charge in [0.1, 0.15) is 5.75 Å². The molecular formula is C27H37N3O6. The van der Waals surface area contributed by atoms with Crippen molar-refractivity contribution >= 4 is 23.5 Å². The normalized spacial score (nSPS) is 10.5. The smallest absolute Gasteiger partial charge is 0.311 e. The molecule has 9 nitrogen and oxygen atoms in total.